The average Bonchev–Trinajstić information content (AvgIpc) is 3.46. The number of carboxylic acids is 1. The Hall–Kier alpha value is -4.11. The molecule has 1 N–H and O–H groups in total. The van der Waals surface area contributed by atoms with Gasteiger partial charge in [-0.2, -0.15) is 0 Å². The second kappa shape index (κ2) is 7.44. The lowest BCUT2D eigenvalue weighted by Crippen LogP contribution is -2.62. The molecule has 2 aliphatic heterocycles. The number of β-lactam (4-membered cyclic amide) rings is 1. The molecule has 176 valence electrons. The first kappa shape index (κ1) is 21.4. The molecule has 1 amide bonds. The lowest BCUT2D eigenvalue weighted by molar-refractivity contribution is -0.672. The van der Waals surface area contributed by atoms with Crippen LogP contribution in [-0.2, 0) is 23.2 Å². The molecule has 0 bridgehead atoms. The number of carbonyl (C=O) groups excluding carboxylic acids is 3. The fourth-order valence-electron chi connectivity index (χ4n) is 5.61. The summed E-state index contributed by atoms with van der Waals surface area (Å²) in [5.74, 6) is -2.54. The lowest BCUT2D eigenvalue weighted by atomic mass is 9.82. The first-order valence-electron chi connectivity index (χ1n) is 11.4. The van der Waals surface area contributed by atoms with Gasteiger partial charge < -0.3 is 19.9 Å². The number of aliphatic hydroxyl groups excluding tert-OH is 1. The molecule has 1 aliphatic carbocycles. The molecule has 2 aromatic carbocycles. The number of rotatable bonds is 5. The molecule has 0 spiro atoms. The third-order valence-electron chi connectivity index (χ3n) is 7.20. The summed E-state index contributed by atoms with van der Waals surface area (Å²) in [6.45, 7) is 2.07. The zero-order chi connectivity index (χ0) is 24.6. The molecule has 1 fully saturated rings. The monoisotopic (exact) mass is 470 g/mol. The van der Waals surface area contributed by atoms with Gasteiger partial charge >= 0.3 is 0 Å². The van der Waals surface area contributed by atoms with E-state index in [4.69, 9.17) is 0 Å². The summed E-state index contributed by atoms with van der Waals surface area (Å²) < 4.78 is 3.63. The van der Waals surface area contributed by atoms with Gasteiger partial charge in [0.15, 0.2) is 5.78 Å². The Balaban J connectivity index is 1.38. The summed E-state index contributed by atoms with van der Waals surface area (Å²) in [6.07, 6.45) is 3.00. The summed E-state index contributed by atoms with van der Waals surface area (Å²) in [7, 11) is 1.89. The molecule has 3 aliphatic rings. The zero-order valence-electron chi connectivity index (χ0n) is 19.1. The summed E-state index contributed by atoms with van der Waals surface area (Å²) >= 11 is 0. The number of aliphatic carboxylic acids is 1. The quantitative estimate of drug-likeness (QED) is 0.325. The van der Waals surface area contributed by atoms with Gasteiger partial charge in [0.25, 0.3) is 6.33 Å². The molecule has 3 heterocycles. The molecule has 1 aromatic heterocycles. The Bertz CT molecular complexity index is 1480. The zero-order valence-corrected chi connectivity index (χ0v) is 19.1. The van der Waals surface area contributed by atoms with Crippen molar-refractivity contribution in [2.45, 2.75) is 32.0 Å². The molecule has 35 heavy (non-hydrogen) atoms. The highest BCUT2D eigenvalue weighted by atomic mass is 16.4. The molecule has 0 unspecified atom stereocenters. The van der Waals surface area contributed by atoms with E-state index >= 15 is 0 Å². The van der Waals surface area contributed by atoms with Crippen LogP contribution in [0.3, 0.4) is 0 Å². The maximum absolute atomic E-state index is 13.2. The second-order valence-electron chi connectivity index (χ2n) is 9.44. The van der Waals surface area contributed by atoms with Gasteiger partial charge in [0.05, 0.1) is 36.8 Å². The highest BCUT2D eigenvalue weighted by Gasteiger charge is 2.55. The first-order chi connectivity index (χ1) is 16.7. The summed E-state index contributed by atoms with van der Waals surface area (Å²) in [5, 5.41) is 26.2. The van der Waals surface area contributed by atoms with Crippen LogP contribution < -0.4 is 9.67 Å². The van der Waals surface area contributed by atoms with Crippen molar-refractivity contribution in [1.82, 2.24) is 14.7 Å². The van der Waals surface area contributed by atoms with Crippen LogP contribution in [0, 0.1) is 5.92 Å². The van der Waals surface area contributed by atoms with Gasteiger partial charge in [0.2, 0.25) is 12.2 Å². The molecular formula is C26H22N4O5. The molecule has 9 nitrogen and oxygen atoms in total. The van der Waals surface area contributed by atoms with Crippen LogP contribution in [0.15, 0.2) is 54.7 Å². The Morgan fingerprint density at radius 1 is 1.17 bits per heavy atom. The highest BCUT2D eigenvalue weighted by molar-refractivity contribution is 6.22. The van der Waals surface area contributed by atoms with Crippen LogP contribution in [0.2, 0.25) is 0 Å². The SMILES string of the molecule is C[C@@H](O)[C@H]1C(=O)N2C(C(=O)[O-])=C(c3ccc4c(c3)-c3ccc(Cn5c[n+](C)cn5)cc3C4=O)C[C@H]12. The number of ketones is 1. The number of benzene rings is 2. The summed E-state index contributed by atoms with van der Waals surface area (Å²) in [4.78, 5) is 38.9. The van der Waals surface area contributed by atoms with E-state index in [1.807, 2.05) is 42.2 Å². The summed E-state index contributed by atoms with van der Waals surface area (Å²) in [5.41, 5.74) is 4.58. The highest BCUT2D eigenvalue weighted by Crippen LogP contribution is 2.48. The minimum atomic E-state index is -1.42. The Morgan fingerprint density at radius 3 is 2.63 bits per heavy atom. The van der Waals surface area contributed by atoms with Gasteiger partial charge in [0.1, 0.15) is 6.54 Å². The number of carboxylic acid groups (broad SMARTS) is 1. The number of nitrogens with zero attached hydrogens (tertiary/aromatic N) is 4. The van der Waals surface area contributed by atoms with E-state index in [1.54, 1.807) is 23.1 Å². The van der Waals surface area contributed by atoms with Crippen molar-refractivity contribution in [2.24, 2.45) is 13.0 Å². The Morgan fingerprint density at radius 2 is 1.94 bits per heavy atom. The smallest absolute Gasteiger partial charge is 0.264 e. The van der Waals surface area contributed by atoms with Crippen molar-refractivity contribution >= 4 is 23.2 Å². The molecule has 1 saturated heterocycles. The number of hydrogen-bond acceptors (Lipinski definition) is 6. The molecule has 0 saturated carbocycles. The van der Waals surface area contributed by atoms with E-state index in [9.17, 15) is 24.6 Å². The van der Waals surface area contributed by atoms with Gasteiger partial charge in [-0.15, -0.1) is 4.68 Å². The van der Waals surface area contributed by atoms with E-state index in [2.05, 4.69) is 5.10 Å². The van der Waals surface area contributed by atoms with Crippen molar-refractivity contribution in [3.8, 4) is 11.1 Å². The Labute approximate surface area is 200 Å². The topological polar surface area (TPSA) is 119 Å². The van der Waals surface area contributed by atoms with E-state index in [0.717, 1.165) is 16.7 Å². The largest absolute Gasteiger partial charge is 0.543 e. The van der Waals surface area contributed by atoms with Crippen LogP contribution in [0.25, 0.3) is 16.7 Å². The van der Waals surface area contributed by atoms with Gasteiger partial charge in [-0.05, 0) is 59.4 Å². The fraction of sp³-hybridized carbons (Fsp3) is 0.269. The maximum Gasteiger partial charge on any atom is 0.264 e. The van der Waals surface area contributed by atoms with Crippen LogP contribution in [0.4, 0.5) is 0 Å². The minimum Gasteiger partial charge on any atom is -0.543 e. The molecular weight excluding hydrogens is 448 g/mol. The average molecular weight is 470 g/mol. The number of aliphatic hydroxyl groups is 1. The van der Waals surface area contributed by atoms with Crippen molar-refractivity contribution in [3.05, 3.63) is 77.0 Å². The normalized spacial score (nSPS) is 21.1. The molecule has 6 rings (SSSR count). The molecule has 3 aromatic rings. The van der Waals surface area contributed by atoms with E-state index in [-0.39, 0.29) is 11.5 Å². The molecule has 3 atom stereocenters. The number of hydrogen-bond donors (Lipinski definition) is 1. The predicted octanol–water partition coefficient (Wildman–Crippen LogP) is 0.0398. The standard InChI is InChI=1S/C26H22N4O5/c1-13(31)22-21-9-18(23(26(34)35)30(21)25(22)33)15-4-6-17-19(8-15)16-5-3-14(7-20(16)24(17)32)10-29-12-28(2)11-27-29/h3-8,11-13,21-22,31H,9-10H2,1-2H3/t13-,21-,22-/m1/s1. The van der Waals surface area contributed by atoms with Crippen LogP contribution in [-0.4, -0.2) is 49.6 Å². The number of fused-ring (bicyclic) bond motifs is 4. The number of carbonyl (C=O) groups is 3. The lowest BCUT2D eigenvalue weighted by Gasteiger charge is -2.45. The minimum absolute atomic E-state index is 0.0805. The van der Waals surface area contributed by atoms with Crippen molar-refractivity contribution < 1.29 is 29.2 Å². The second-order valence-corrected chi connectivity index (χ2v) is 9.44. The van der Waals surface area contributed by atoms with Gasteiger partial charge in [-0.1, -0.05) is 18.2 Å². The van der Waals surface area contributed by atoms with E-state index in [0.29, 0.717) is 35.2 Å². The molecule has 9 heteroatoms. The first-order valence-corrected chi connectivity index (χ1v) is 11.4. The van der Waals surface area contributed by atoms with Gasteiger partial charge in [-0.3, -0.25) is 9.59 Å². The van der Waals surface area contributed by atoms with Gasteiger partial charge in [0, 0.05) is 16.2 Å². The predicted molar refractivity (Wildman–Crippen MR) is 120 cm³/mol. The van der Waals surface area contributed by atoms with E-state index in [1.165, 1.54) is 11.8 Å². The number of aromatic nitrogens is 3. The fourth-order valence-corrected chi connectivity index (χ4v) is 5.61. The third-order valence-corrected chi connectivity index (χ3v) is 7.20. The van der Waals surface area contributed by atoms with Crippen LogP contribution in [0.1, 0.15) is 40.4 Å². The number of aryl methyl sites for hydroxylation is 1. The van der Waals surface area contributed by atoms with Gasteiger partial charge in [-0.25, -0.2) is 4.57 Å². The van der Waals surface area contributed by atoms with Crippen molar-refractivity contribution in [2.75, 3.05) is 0 Å². The maximum atomic E-state index is 13.2. The third kappa shape index (κ3) is 3.08. The van der Waals surface area contributed by atoms with E-state index < -0.39 is 29.9 Å². The number of amides is 1. The summed E-state index contributed by atoms with van der Waals surface area (Å²) in [6, 6.07) is 10.6. The van der Waals surface area contributed by atoms with Crippen LogP contribution in [0.5, 0.6) is 0 Å². The molecule has 0 radical (unpaired) electrons. The van der Waals surface area contributed by atoms with Crippen LogP contribution >= 0.6 is 0 Å². The van der Waals surface area contributed by atoms with Crippen molar-refractivity contribution in [1.29, 1.82) is 0 Å². The van der Waals surface area contributed by atoms with Crippen molar-refractivity contribution in [3.63, 3.8) is 0 Å². The Kier molecular flexibility index (Phi) is 4.56.